The Morgan fingerprint density at radius 1 is 1.07 bits per heavy atom. The molecule has 15 nitrogen and oxygen atoms in total. The normalized spacial score (nSPS) is 15.0. The molecule has 0 saturated carbocycles. The van der Waals surface area contributed by atoms with Crippen LogP contribution >= 0.6 is 0 Å². The molecule has 0 spiro atoms. The number of aryl methyl sites for hydroxylation is 2. The molecule has 0 fully saturated rings. The molecular formula is C29H32N8O7. The molecule has 3 heterocycles. The molecule has 2 aliphatic heterocycles. The summed E-state index contributed by atoms with van der Waals surface area (Å²) >= 11 is 0. The number of benzene rings is 2. The van der Waals surface area contributed by atoms with Gasteiger partial charge >= 0.3 is 6.16 Å². The number of carbonyl (C=O) groups excluding carboxylic acids is 2. The molecule has 0 saturated heterocycles. The van der Waals surface area contributed by atoms with Gasteiger partial charge in [0.1, 0.15) is 11.6 Å². The van der Waals surface area contributed by atoms with Gasteiger partial charge in [-0.15, -0.1) is 15.2 Å². The third kappa shape index (κ3) is 7.00. The van der Waals surface area contributed by atoms with Crippen molar-refractivity contribution in [3.05, 3.63) is 86.9 Å². The molecule has 0 bridgehead atoms. The molecular weight excluding hydrogens is 572 g/mol. The second-order valence-corrected chi connectivity index (χ2v) is 10.1. The van der Waals surface area contributed by atoms with Gasteiger partial charge in [0, 0.05) is 29.7 Å². The van der Waals surface area contributed by atoms with Crippen molar-refractivity contribution in [3.8, 4) is 11.1 Å². The Balaban J connectivity index is 1.21. The van der Waals surface area contributed by atoms with Gasteiger partial charge < -0.3 is 14.3 Å². The standard InChI is InChI=1S/C29H32N8O7/c1-18-23-13-14-26(38)35(28(23)31-19(2)30-18)17-21-9-11-22(12-10-21)24-7-4-5-8-25(24)27-32-34-36(33-27)20(3)44-29(39)42-15-6-16-43-37(40)41/h4-5,7-12,20,34H,6,13-17H2,1-3H3,(H,32,33). The molecule has 1 unspecified atom stereocenters. The lowest BCUT2D eigenvalue weighted by atomic mass is 9.97. The fourth-order valence-electron chi connectivity index (χ4n) is 4.94. The fourth-order valence-corrected chi connectivity index (χ4v) is 4.94. The van der Waals surface area contributed by atoms with Crippen molar-refractivity contribution in [2.75, 3.05) is 18.1 Å². The number of aromatic nitrogens is 2. The van der Waals surface area contributed by atoms with E-state index < -0.39 is 17.5 Å². The highest BCUT2D eigenvalue weighted by Crippen LogP contribution is 2.30. The van der Waals surface area contributed by atoms with Crippen LogP contribution in [0.25, 0.3) is 11.1 Å². The van der Waals surface area contributed by atoms with Crippen molar-refractivity contribution in [3.63, 3.8) is 0 Å². The Morgan fingerprint density at radius 3 is 2.57 bits per heavy atom. The molecule has 3 aromatic rings. The van der Waals surface area contributed by atoms with Crippen molar-refractivity contribution in [1.29, 1.82) is 0 Å². The number of hydrazone groups is 1. The van der Waals surface area contributed by atoms with Gasteiger partial charge in [-0.1, -0.05) is 53.6 Å². The number of fused-ring (bicyclic) bond motifs is 1. The average Bonchev–Trinajstić information content (AvgIpc) is 3.49. The molecule has 1 aromatic heterocycles. The van der Waals surface area contributed by atoms with Crippen LogP contribution in [0.1, 0.15) is 48.0 Å². The van der Waals surface area contributed by atoms with E-state index in [4.69, 9.17) is 9.47 Å². The number of rotatable bonds is 11. The summed E-state index contributed by atoms with van der Waals surface area (Å²) in [5, 5.41) is 15.0. The quantitative estimate of drug-likeness (QED) is 0.142. The Kier molecular flexibility index (Phi) is 9.14. The Morgan fingerprint density at radius 2 is 1.82 bits per heavy atom. The first-order chi connectivity index (χ1) is 21.2. The van der Waals surface area contributed by atoms with Gasteiger partial charge in [0.15, 0.2) is 12.1 Å². The van der Waals surface area contributed by atoms with E-state index in [2.05, 4.69) is 30.9 Å². The number of nitrogens with one attached hydrogen (secondary N) is 2. The van der Waals surface area contributed by atoms with Crippen LogP contribution in [0, 0.1) is 24.0 Å². The third-order valence-electron chi connectivity index (χ3n) is 7.07. The predicted molar refractivity (Wildman–Crippen MR) is 157 cm³/mol. The Hall–Kier alpha value is -5.31. The predicted octanol–water partition coefficient (Wildman–Crippen LogP) is 3.32. The molecule has 2 aliphatic rings. The number of amidine groups is 1. The van der Waals surface area contributed by atoms with E-state index in [1.807, 2.05) is 62.4 Å². The minimum Gasteiger partial charge on any atom is -0.434 e. The molecule has 1 amide bonds. The van der Waals surface area contributed by atoms with Crippen LogP contribution in [-0.2, 0) is 32.1 Å². The number of anilines is 1. The van der Waals surface area contributed by atoms with E-state index in [0.29, 0.717) is 36.9 Å². The van der Waals surface area contributed by atoms with Crippen LogP contribution in [0.5, 0.6) is 0 Å². The van der Waals surface area contributed by atoms with Crippen LogP contribution < -0.4 is 15.9 Å². The van der Waals surface area contributed by atoms with Gasteiger partial charge in [0.2, 0.25) is 5.91 Å². The molecule has 0 aliphatic carbocycles. The second kappa shape index (κ2) is 13.3. The number of hydrazine groups is 2. The van der Waals surface area contributed by atoms with E-state index in [1.54, 1.807) is 11.8 Å². The van der Waals surface area contributed by atoms with Gasteiger partial charge in [0.05, 0.1) is 19.8 Å². The van der Waals surface area contributed by atoms with E-state index in [0.717, 1.165) is 33.5 Å². The largest absolute Gasteiger partial charge is 0.509 e. The van der Waals surface area contributed by atoms with Crippen molar-refractivity contribution < 1.29 is 29.0 Å². The van der Waals surface area contributed by atoms with Gasteiger partial charge in [-0.2, -0.15) is 0 Å². The number of hydrogen-bond acceptors (Lipinski definition) is 13. The van der Waals surface area contributed by atoms with E-state index in [9.17, 15) is 19.7 Å². The van der Waals surface area contributed by atoms with E-state index in [1.165, 1.54) is 5.12 Å². The van der Waals surface area contributed by atoms with Gasteiger partial charge in [-0.25, -0.2) is 20.3 Å². The zero-order chi connectivity index (χ0) is 31.2. The molecule has 1 atom stereocenters. The first kappa shape index (κ1) is 30.2. The molecule has 15 heteroatoms. The molecule has 0 radical (unpaired) electrons. The maximum Gasteiger partial charge on any atom is 0.509 e. The topological polar surface area (TPSA) is 174 Å². The molecule has 44 heavy (non-hydrogen) atoms. The summed E-state index contributed by atoms with van der Waals surface area (Å²) < 4.78 is 10.2. The maximum atomic E-state index is 12.9. The van der Waals surface area contributed by atoms with Crippen molar-refractivity contribution in [1.82, 2.24) is 26.0 Å². The van der Waals surface area contributed by atoms with Crippen LogP contribution in [0.4, 0.5) is 10.6 Å². The summed E-state index contributed by atoms with van der Waals surface area (Å²) in [6.07, 6.45) is -0.531. The highest BCUT2D eigenvalue weighted by Gasteiger charge is 2.28. The van der Waals surface area contributed by atoms with E-state index in [-0.39, 0.29) is 25.5 Å². The summed E-state index contributed by atoms with van der Waals surface area (Å²) in [5.41, 5.74) is 11.4. The lowest BCUT2D eigenvalue weighted by Crippen LogP contribution is -2.49. The van der Waals surface area contributed by atoms with Gasteiger partial charge in [-0.05, 0) is 43.9 Å². The molecule has 230 valence electrons. The zero-order valence-electron chi connectivity index (χ0n) is 24.5. The van der Waals surface area contributed by atoms with Gasteiger partial charge in [0.25, 0.3) is 5.09 Å². The van der Waals surface area contributed by atoms with Crippen LogP contribution in [0.2, 0.25) is 0 Å². The molecule has 5 rings (SSSR count). The minimum absolute atomic E-state index is 0.0422. The van der Waals surface area contributed by atoms with Crippen molar-refractivity contribution in [2.45, 2.75) is 52.8 Å². The first-order valence-electron chi connectivity index (χ1n) is 14.0. The summed E-state index contributed by atoms with van der Waals surface area (Å²) in [6, 6.07) is 15.7. The summed E-state index contributed by atoms with van der Waals surface area (Å²) in [4.78, 5) is 50.0. The number of nitrogens with zero attached hydrogens (tertiary/aromatic N) is 6. The lowest BCUT2D eigenvalue weighted by Gasteiger charge is -2.29. The smallest absolute Gasteiger partial charge is 0.434 e. The van der Waals surface area contributed by atoms with Crippen LogP contribution in [0.3, 0.4) is 0 Å². The SMILES string of the molecule is Cc1nc(C)c2c(n1)N(Cc1ccc(-c3ccccc3C3=NNN(C(C)OC(=O)OCCCO[N+](=O)[O-])N3)cc1)C(=O)CC2. The first-order valence-corrected chi connectivity index (χ1v) is 14.0. The van der Waals surface area contributed by atoms with Crippen molar-refractivity contribution >= 4 is 23.7 Å². The monoisotopic (exact) mass is 604 g/mol. The van der Waals surface area contributed by atoms with Crippen LogP contribution in [0.15, 0.2) is 53.6 Å². The number of ether oxygens (including phenoxy) is 2. The fraction of sp³-hybridized carbons (Fsp3) is 0.345. The summed E-state index contributed by atoms with van der Waals surface area (Å²) in [5.74, 6) is 1.88. The number of amides is 1. The van der Waals surface area contributed by atoms with Crippen molar-refractivity contribution in [2.24, 2.45) is 5.10 Å². The molecule has 2 N–H and O–H groups in total. The second-order valence-electron chi connectivity index (χ2n) is 10.1. The molecule has 2 aromatic carbocycles. The third-order valence-corrected chi connectivity index (χ3v) is 7.07. The average molecular weight is 605 g/mol. The number of hydrogen-bond donors (Lipinski definition) is 2. The highest BCUT2D eigenvalue weighted by atomic mass is 16.9. The highest BCUT2D eigenvalue weighted by molar-refractivity contribution is 6.04. The van der Waals surface area contributed by atoms with E-state index >= 15 is 0 Å². The minimum atomic E-state index is -0.941. The Labute approximate surface area is 252 Å². The lowest BCUT2D eigenvalue weighted by molar-refractivity contribution is -0.757. The number of carbonyl (C=O) groups is 2. The summed E-state index contributed by atoms with van der Waals surface area (Å²) in [7, 11) is 0. The summed E-state index contributed by atoms with van der Waals surface area (Å²) in [6.45, 7) is 5.52. The maximum absolute atomic E-state index is 12.9. The zero-order valence-corrected chi connectivity index (χ0v) is 24.5. The van der Waals surface area contributed by atoms with Gasteiger partial charge in [-0.3, -0.25) is 15.1 Å². The Bertz CT molecular complexity index is 1580. The van der Waals surface area contributed by atoms with Crippen LogP contribution in [-0.4, -0.2) is 57.5 Å².